The number of halogens is 6. The number of amides is 1. The summed E-state index contributed by atoms with van der Waals surface area (Å²) < 4.78 is 63.5. The van der Waals surface area contributed by atoms with Gasteiger partial charge < -0.3 is 15.9 Å². The molecule has 24 heavy (non-hydrogen) atoms. The van der Waals surface area contributed by atoms with Crippen LogP contribution in [0.2, 0.25) is 0 Å². The number of carboxylic acid groups (broad SMARTS) is 2. The minimum Gasteiger partial charge on any atom is -0.475 e. The molecule has 136 valence electrons. The van der Waals surface area contributed by atoms with Gasteiger partial charge in [0.2, 0.25) is 5.91 Å². The maximum atomic E-state index is 10.6. The van der Waals surface area contributed by atoms with Crippen molar-refractivity contribution in [2.45, 2.75) is 19.3 Å². The number of carbonyl (C=O) groups is 3. The van der Waals surface area contributed by atoms with Crippen LogP contribution < -0.4 is 5.73 Å². The van der Waals surface area contributed by atoms with Crippen molar-refractivity contribution >= 4 is 17.8 Å². The average molecular weight is 363 g/mol. The quantitative estimate of drug-likeness (QED) is 0.662. The van der Waals surface area contributed by atoms with E-state index in [4.69, 9.17) is 25.5 Å². The third-order valence-electron chi connectivity index (χ3n) is 1.90. The summed E-state index contributed by atoms with van der Waals surface area (Å²) in [4.78, 5) is 28.4. The second kappa shape index (κ2) is 9.37. The molecule has 0 heterocycles. The monoisotopic (exact) mass is 363 g/mol. The van der Waals surface area contributed by atoms with Gasteiger partial charge in [-0.15, -0.1) is 0 Å². The topological polar surface area (TPSA) is 118 Å². The first-order valence-corrected chi connectivity index (χ1v) is 5.56. The number of hydrogen-bond donors (Lipinski definition) is 3. The van der Waals surface area contributed by atoms with E-state index in [2.05, 4.69) is 0 Å². The van der Waals surface area contributed by atoms with Gasteiger partial charge in [-0.1, -0.05) is 18.2 Å². The molecule has 0 aromatic heterocycles. The molecule has 0 atom stereocenters. The predicted molar refractivity (Wildman–Crippen MR) is 67.1 cm³/mol. The Labute approximate surface area is 130 Å². The van der Waals surface area contributed by atoms with Gasteiger partial charge in [-0.3, -0.25) is 4.79 Å². The molecule has 1 aromatic carbocycles. The van der Waals surface area contributed by atoms with E-state index in [0.29, 0.717) is 5.56 Å². The number of aliphatic carboxylic acids is 2. The predicted octanol–water partition coefficient (Wildman–Crippen LogP) is 2.36. The zero-order valence-electron chi connectivity index (χ0n) is 11.8. The highest BCUT2D eigenvalue weighted by molar-refractivity contribution is 5.94. The smallest absolute Gasteiger partial charge is 0.475 e. The van der Waals surface area contributed by atoms with Crippen LogP contribution in [0.3, 0.4) is 0 Å². The molecule has 0 fully saturated rings. The number of rotatable bonds is 1. The van der Waals surface area contributed by atoms with Gasteiger partial charge in [0.25, 0.3) is 0 Å². The van der Waals surface area contributed by atoms with Crippen LogP contribution in [0.15, 0.2) is 24.3 Å². The van der Waals surface area contributed by atoms with Gasteiger partial charge in [-0.05, 0) is 18.6 Å². The molecule has 1 amide bonds. The molecule has 1 aromatic rings. The molecule has 0 bridgehead atoms. The number of benzene rings is 1. The molecule has 4 N–H and O–H groups in total. The van der Waals surface area contributed by atoms with E-state index in [0.717, 1.165) is 5.56 Å². The Bertz CT molecular complexity index is 558. The minimum atomic E-state index is -5.08. The summed E-state index contributed by atoms with van der Waals surface area (Å²) in [5.41, 5.74) is 6.60. The maximum absolute atomic E-state index is 10.6. The Balaban J connectivity index is 0. The van der Waals surface area contributed by atoms with Gasteiger partial charge in [0, 0.05) is 5.56 Å². The summed E-state index contributed by atoms with van der Waals surface area (Å²) in [5, 5.41) is 14.2. The second-order valence-corrected chi connectivity index (χ2v) is 3.78. The lowest BCUT2D eigenvalue weighted by molar-refractivity contribution is -0.193. The van der Waals surface area contributed by atoms with Crippen molar-refractivity contribution in [3.63, 3.8) is 0 Å². The van der Waals surface area contributed by atoms with Crippen LogP contribution in [-0.4, -0.2) is 40.4 Å². The SMILES string of the molecule is Cc1ccccc1C(N)=O.O=C(O)C(F)(F)F.O=C(O)C(F)(F)F. The van der Waals surface area contributed by atoms with Crippen molar-refractivity contribution in [2.24, 2.45) is 5.73 Å². The molecule has 6 nitrogen and oxygen atoms in total. The first-order chi connectivity index (χ1) is 10.6. The largest absolute Gasteiger partial charge is 0.490 e. The van der Waals surface area contributed by atoms with Crippen molar-refractivity contribution in [1.82, 2.24) is 0 Å². The van der Waals surface area contributed by atoms with E-state index in [1.54, 1.807) is 12.1 Å². The fourth-order valence-corrected chi connectivity index (χ4v) is 0.849. The number of carbonyl (C=O) groups excluding carboxylic acids is 1. The number of primary amides is 1. The lowest BCUT2D eigenvalue weighted by Gasteiger charge is -1.97. The summed E-state index contributed by atoms with van der Waals surface area (Å²) >= 11 is 0. The van der Waals surface area contributed by atoms with Crippen molar-refractivity contribution in [3.8, 4) is 0 Å². The summed E-state index contributed by atoms with van der Waals surface area (Å²) in [6.45, 7) is 1.86. The molecule has 0 saturated carbocycles. The Kier molecular flexibility index (Phi) is 9.17. The number of nitrogens with two attached hydrogens (primary N) is 1. The molecule has 0 aliphatic carbocycles. The van der Waals surface area contributed by atoms with Crippen LogP contribution >= 0.6 is 0 Å². The number of aryl methyl sites for hydroxylation is 1. The average Bonchev–Trinajstić information content (AvgIpc) is 2.38. The van der Waals surface area contributed by atoms with E-state index in [-0.39, 0.29) is 5.91 Å². The normalized spacial score (nSPS) is 10.5. The first-order valence-electron chi connectivity index (χ1n) is 5.56. The Hall–Kier alpha value is -2.79. The molecule has 0 aliphatic heterocycles. The van der Waals surface area contributed by atoms with Gasteiger partial charge >= 0.3 is 24.3 Å². The molecular formula is C12H11F6NO5. The summed E-state index contributed by atoms with van der Waals surface area (Å²) in [6.07, 6.45) is -10.2. The van der Waals surface area contributed by atoms with Gasteiger partial charge in [0.05, 0.1) is 0 Å². The molecule has 0 spiro atoms. The van der Waals surface area contributed by atoms with Gasteiger partial charge in [-0.2, -0.15) is 26.3 Å². The highest BCUT2D eigenvalue weighted by Crippen LogP contribution is 2.13. The number of alkyl halides is 6. The molecule has 0 aliphatic rings. The minimum absolute atomic E-state index is 0.363. The van der Waals surface area contributed by atoms with Gasteiger partial charge in [-0.25, -0.2) is 9.59 Å². The highest BCUT2D eigenvalue weighted by Gasteiger charge is 2.38. The summed E-state index contributed by atoms with van der Waals surface area (Å²) in [7, 11) is 0. The molecule has 0 radical (unpaired) electrons. The van der Waals surface area contributed by atoms with Crippen LogP contribution in [0, 0.1) is 6.92 Å². The highest BCUT2D eigenvalue weighted by atomic mass is 19.4. The molecule has 1 rings (SSSR count). The van der Waals surface area contributed by atoms with Crippen molar-refractivity contribution in [1.29, 1.82) is 0 Å². The number of hydrogen-bond acceptors (Lipinski definition) is 3. The van der Waals surface area contributed by atoms with Crippen LogP contribution in [0.4, 0.5) is 26.3 Å². The van der Waals surface area contributed by atoms with Crippen molar-refractivity contribution < 1.29 is 50.9 Å². The number of carboxylic acids is 2. The van der Waals surface area contributed by atoms with Crippen LogP contribution in [0.1, 0.15) is 15.9 Å². The lowest BCUT2D eigenvalue weighted by atomic mass is 10.1. The lowest BCUT2D eigenvalue weighted by Crippen LogP contribution is -2.21. The second-order valence-electron chi connectivity index (χ2n) is 3.78. The maximum Gasteiger partial charge on any atom is 0.490 e. The van der Waals surface area contributed by atoms with Gasteiger partial charge in [0.15, 0.2) is 0 Å². The summed E-state index contributed by atoms with van der Waals surface area (Å²) in [5.74, 6) is -5.88. The van der Waals surface area contributed by atoms with Crippen LogP contribution in [-0.2, 0) is 9.59 Å². The Morgan fingerprint density at radius 3 is 1.33 bits per heavy atom. The zero-order valence-corrected chi connectivity index (χ0v) is 11.8. The van der Waals surface area contributed by atoms with E-state index in [9.17, 15) is 31.1 Å². The standard InChI is InChI=1S/C8H9NO.2C2HF3O2/c1-6-4-2-3-5-7(6)8(9)10;2*3-2(4,5)1(6)7/h2-5H,1H3,(H2,9,10);2*(H,6,7). The Morgan fingerprint density at radius 2 is 1.17 bits per heavy atom. The van der Waals surface area contributed by atoms with Crippen LogP contribution in [0.25, 0.3) is 0 Å². The van der Waals surface area contributed by atoms with E-state index in [1.165, 1.54) is 0 Å². The molecule has 0 saturated heterocycles. The molecule has 0 unspecified atom stereocenters. The van der Waals surface area contributed by atoms with E-state index < -0.39 is 24.3 Å². The first kappa shape index (κ1) is 23.5. The van der Waals surface area contributed by atoms with Crippen molar-refractivity contribution in [3.05, 3.63) is 35.4 Å². The van der Waals surface area contributed by atoms with E-state index >= 15 is 0 Å². The van der Waals surface area contributed by atoms with Crippen LogP contribution in [0.5, 0.6) is 0 Å². The summed E-state index contributed by atoms with van der Waals surface area (Å²) in [6, 6.07) is 7.26. The zero-order chi connectivity index (χ0) is 19.7. The van der Waals surface area contributed by atoms with Gasteiger partial charge in [0.1, 0.15) is 0 Å². The third-order valence-corrected chi connectivity index (χ3v) is 1.90. The fraction of sp³-hybridized carbons (Fsp3) is 0.250. The molecular weight excluding hydrogens is 352 g/mol. The van der Waals surface area contributed by atoms with E-state index in [1.807, 2.05) is 19.1 Å². The Morgan fingerprint density at radius 1 is 0.875 bits per heavy atom. The third kappa shape index (κ3) is 10.9. The fourth-order valence-electron chi connectivity index (χ4n) is 0.849. The van der Waals surface area contributed by atoms with Crippen molar-refractivity contribution in [2.75, 3.05) is 0 Å². The molecule has 12 heteroatoms.